The van der Waals surface area contributed by atoms with Crippen molar-refractivity contribution in [3.63, 3.8) is 0 Å². The number of thiazole rings is 1. The molecular weight excluding hydrogens is 192 g/mol. The average Bonchev–Trinajstić information content (AvgIpc) is 2.30. The lowest BCUT2D eigenvalue weighted by atomic mass is 9.87. The van der Waals surface area contributed by atoms with Crippen LogP contribution in [0.1, 0.15) is 37.9 Å². The highest BCUT2D eigenvalue weighted by molar-refractivity contribution is 7.09. The molecule has 1 rings (SSSR count). The van der Waals surface area contributed by atoms with E-state index in [0.717, 1.165) is 18.5 Å². The summed E-state index contributed by atoms with van der Waals surface area (Å²) in [5, 5.41) is 3.25. The summed E-state index contributed by atoms with van der Waals surface area (Å²) in [6, 6.07) is 0.237. The first-order chi connectivity index (χ1) is 6.37. The Balaban J connectivity index is 2.45. The number of nitrogens with zero attached hydrogens (tertiary/aromatic N) is 1. The van der Waals surface area contributed by atoms with Crippen LogP contribution >= 0.6 is 11.3 Å². The van der Waals surface area contributed by atoms with E-state index in [0.29, 0.717) is 5.41 Å². The summed E-state index contributed by atoms with van der Waals surface area (Å²) >= 11 is 1.71. The van der Waals surface area contributed by atoms with Gasteiger partial charge in [0.25, 0.3) is 0 Å². The van der Waals surface area contributed by atoms with Crippen molar-refractivity contribution < 1.29 is 0 Å². The van der Waals surface area contributed by atoms with E-state index in [1.807, 2.05) is 6.92 Å². The van der Waals surface area contributed by atoms with Crippen LogP contribution in [0.4, 0.5) is 0 Å². The van der Waals surface area contributed by atoms with Crippen LogP contribution in [0.3, 0.4) is 0 Å². The van der Waals surface area contributed by atoms with Crippen LogP contribution in [0.5, 0.6) is 0 Å². The molecule has 0 aliphatic carbocycles. The third kappa shape index (κ3) is 4.20. The second kappa shape index (κ2) is 4.41. The molecule has 1 unspecified atom stereocenters. The second-order valence-electron chi connectivity index (χ2n) is 5.11. The van der Waals surface area contributed by atoms with Gasteiger partial charge < -0.3 is 5.73 Å². The normalized spacial score (nSPS) is 14.4. The molecule has 80 valence electrons. The van der Waals surface area contributed by atoms with Crippen LogP contribution in [0.25, 0.3) is 0 Å². The summed E-state index contributed by atoms with van der Waals surface area (Å²) in [6.45, 7) is 8.69. The molecule has 2 N–H and O–H groups in total. The largest absolute Gasteiger partial charge is 0.327 e. The van der Waals surface area contributed by atoms with Crippen LogP contribution in [0.2, 0.25) is 0 Å². The van der Waals surface area contributed by atoms with Gasteiger partial charge >= 0.3 is 0 Å². The molecule has 0 aliphatic heterocycles. The first-order valence-corrected chi connectivity index (χ1v) is 5.91. The topological polar surface area (TPSA) is 38.9 Å². The maximum Gasteiger partial charge on any atom is 0.0943 e. The highest BCUT2D eigenvalue weighted by Crippen LogP contribution is 2.22. The molecular formula is C11H20N2S. The summed E-state index contributed by atoms with van der Waals surface area (Å²) < 4.78 is 0. The molecule has 0 aromatic carbocycles. The van der Waals surface area contributed by atoms with Gasteiger partial charge in [-0.15, -0.1) is 11.3 Å². The van der Waals surface area contributed by atoms with E-state index in [1.54, 1.807) is 11.3 Å². The zero-order chi connectivity index (χ0) is 10.8. The molecule has 0 fully saturated rings. The van der Waals surface area contributed by atoms with Crippen molar-refractivity contribution in [1.29, 1.82) is 0 Å². The number of nitrogens with two attached hydrogens (primary N) is 1. The van der Waals surface area contributed by atoms with Gasteiger partial charge in [0.1, 0.15) is 0 Å². The second-order valence-corrected chi connectivity index (χ2v) is 6.05. The minimum Gasteiger partial charge on any atom is -0.327 e. The van der Waals surface area contributed by atoms with Crippen molar-refractivity contribution in [2.24, 2.45) is 11.1 Å². The van der Waals surface area contributed by atoms with Crippen molar-refractivity contribution in [3.05, 3.63) is 16.1 Å². The molecule has 3 heteroatoms. The lowest BCUT2D eigenvalue weighted by molar-refractivity contribution is 0.338. The summed E-state index contributed by atoms with van der Waals surface area (Å²) in [5.74, 6) is 0. The fourth-order valence-electron chi connectivity index (χ4n) is 1.58. The number of hydrogen-bond donors (Lipinski definition) is 1. The number of aromatic nitrogens is 1. The van der Waals surface area contributed by atoms with E-state index in [1.165, 1.54) is 5.01 Å². The van der Waals surface area contributed by atoms with Gasteiger partial charge in [0, 0.05) is 23.5 Å². The smallest absolute Gasteiger partial charge is 0.0943 e. The predicted octanol–water partition coefficient (Wildman–Crippen LogP) is 2.76. The maximum atomic E-state index is 6.07. The molecule has 1 heterocycles. The van der Waals surface area contributed by atoms with Crippen LogP contribution in [0, 0.1) is 12.3 Å². The summed E-state index contributed by atoms with van der Waals surface area (Å²) in [6.07, 6.45) is 1.96. The predicted molar refractivity (Wildman–Crippen MR) is 62.6 cm³/mol. The summed E-state index contributed by atoms with van der Waals surface area (Å²) in [7, 11) is 0. The Bertz CT molecular complexity index is 286. The Morgan fingerprint density at radius 3 is 2.57 bits per heavy atom. The number of rotatable bonds is 3. The number of aryl methyl sites for hydroxylation is 1. The molecule has 14 heavy (non-hydrogen) atoms. The lowest BCUT2D eigenvalue weighted by Crippen LogP contribution is -2.28. The van der Waals surface area contributed by atoms with E-state index in [9.17, 15) is 0 Å². The summed E-state index contributed by atoms with van der Waals surface area (Å²) in [5.41, 5.74) is 7.48. The average molecular weight is 212 g/mol. The molecule has 0 radical (unpaired) electrons. The third-order valence-corrected chi connectivity index (χ3v) is 2.97. The molecule has 0 bridgehead atoms. The van der Waals surface area contributed by atoms with Gasteiger partial charge in [0.05, 0.1) is 5.01 Å². The molecule has 1 aromatic rings. The van der Waals surface area contributed by atoms with Crippen molar-refractivity contribution in [1.82, 2.24) is 4.98 Å². The first kappa shape index (κ1) is 11.7. The van der Waals surface area contributed by atoms with Gasteiger partial charge in [0.15, 0.2) is 0 Å². The Morgan fingerprint density at radius 2 is 2.14 bits per heavy atom. The van der Waals surface area contributed by atoms with Crippen molar-refractivity contribution in [2.75, 3.05) is 0 Å². The van der Waals surface area contributed by atoms with Gasteiger partial charge in [-0.1, -0.05) is 20.8 Å². The Kier molecular flexibility index (Phi) is 3.67. The summed E-state index contributed by atoms with van der Waals surface area (Å²) in [4.78, 5) is 4.42. The van der Waals surface area contributed by atoms with Crippen LogP contribution in [-0.4, -0.2) is 11.0 Å². The molecule has 0 saturated heterocycles. The van der Waals surface area contributed by atoms with E-state index in [-0.39, 0.29) is 6.04 Å². The standard InChI is InChI=1S/C11H20N2S/c1-8-7-14-10(13-8)5-9(12)6-11(2,3)4/h7,9H,5-6,12H2,1-4H3. The minimum absolute atomic E-state index is 0.237. The molecule has 0 aliphatic rings. The van der Waals surface area contributed by atoms with Crippen LogP contribution in [-0.2, 0) is 6.42 Å². The monoisotopic (exact) mass is 212 g/mol. The molecule has 2 nitrogen and oxygen atoms in total. The van der Waals surface area contributed by atoms with Crippen molar-refractivity contribution in [3.8, 4) is 0 Å². The zero-order valence-electron chi connectivity index (χ0n) is 9.50. The minimum atomic E-state index is 0.237. The molecule has 0 amide bonds. The fourth-order valence-corrected chi connectivity index (χ4v) is 2.45. The Hall–Kier alpha value is -0.410. The molecule has 1 atom stereocenters. The highest BCUT2D eigenvalue weighted by Gasteiger charge is 2.16. The van der Waals surface area contributed by atoms with Crippen molar-refractivity contribution in [2.45, 2.75) is 46.6 Å². The van der Waals surface area contributed by atoms with Crippen LogP contribution in [0.15, 0.2) is 5.38 Å². The van der Waals surface area contributed by atoms with Gasteiger partial charge in [-0.2, -0.15) is 0 Å². The van der Waals surface area contributed by atoms with Gasteiger partial charge in [-0.25, -0.2) is 4.98 Å². The first-order valence-electron chi connectivity index (χ1n) is 5.03. The lowest BCUT2D eigenvalue weighted by Gasteiger charge is -2.22. The van der Waals surface area contributed by atoms with E-state index >= 15 is 0 Å². The van der Waals surface area contributed by atoms with E-state index < -0.39 is 0 Å². The van der Waals surface area contributed by atoms with Gasteiger partial charge in [-0.05, 0) is 18.8 Å². The molecule has 1 aromatic heterocycles. The van der Waals surface area contributed by atoms with Gasteiger partial charge in [0.2, 0.25) is 0 Å². The molecule has 0 spiro atoms. The van der Waals surface area contributed by atoms with E-state index in [4.69, 9.17) is 5.73 Å². The SMILES string of the molecule is Cc1csc(CC(N)CC(C)(C)C)n1. The number of hydrogen-bond acceptors (Lipinski definition) is 3. The third-order valence-electron chi connectivity index (χ3n) is 1.98. The maximum absolute atomic E-state index is 6.07. The Morgan fingerprint density at radius 1 is 1.50 bits per heavy atom. The van der Waals surface area contributed by atoms with E-state index in [2.05, 4.69) is 31.1 Å². The zero-order valence-corrected chi connectivity index (χ0v) is 10.3. The molecule has 0 saturated carbocycles. The van der Waals surface area contributed by atoms with Gasteiger partial charge in [-0.3, -0.25) is 0 Å². The quantitative estimate of drug-likeness (QED) is 0.836. The van der Waals surface area contributed by atoms with Crippen LogP contribution < -0.4 is 5.73 Å². The highest BCUT2D eigenvalue weighted by atomic mass is 32.1. The van der Waals surface area contributed by atoms with Crippen molar-refractivity contribution >= 4 is 11.3 Å². The Labute approximate surface area is 90.6 Å². The fraction of sp³-hybridized carbons (Fsp3) is 0.727.